The highest BCUT2D eigenvalue weighted by atomic mass is 19.1. The van der Waals surface area contributed by atoms with Gasteiger partial charge in [-0.25, -0.2) is 4.39 Å². The number of ether oxygens (including phenoxy) is 1. The van der Waals surface area contributed by atoms with Crippen molar-refractivity contribution in [2.75, 3.05) is 17.7 Å². The predicted molar refractivity (Wildman–Crippen MR) is 87.3 cm³/mol. The number of amides is 1. The second-order valence-corrected chi connectivity index (χ2v) is 5.37. The maximum Gasteiger partial charge on any atom is 0.246 e. The Kier molecular flexibility index (Phi) is 4.88. The first-order chi connectivity index (χ1) is 10.8. The van der Waals surface area contributed by atoms with Crippen LogP contribution < -0.4 is 15.4 Å². The number of nitrogens with zero attached hydrogens (tertiary/aromatic N) is 2. The first kappa shape index (κ1) is 16.8. The predicted octanol–water partition coefficient (Wildman–Crippen LogP) is 2.62. The average molecular weight is 320 g/mol. The number of benzene rings is 1. The minimum absolute atomic E-state index is 0.212. The summed E-state index contributed by atoms with van der Waals surface area (Å²) in [5, 5.41) is 10.2. The zero-order valence-corrected chi connectivity index (χ0v) is 13.9. The van der Waals surface area contributed by atoms with Gasteiger partial charge in [-0.1, -0.05) is 0 Å². The van der Waals surface area contributed by atoms with E-state index in [1.54, 1.807) is 17.7 Å². The van der Waals surface area contributed by atoms with Crippen molar-refractivity contribution in [2.45, 2.75) is 26.8 Å². The lowest BCUT2D eigenvalue weighted by Gasteiger charge is -2.17. The fraction of sp³-hybridized carbons (Fsp3) is 0.375. The molecule has 2 aromatic rings. The van der Waals surface area contributed by atoms with Crippen molar-refractivity contribution in [2.24, 2.45) is 7.05 Å². The third kappa shape index (κ3) is 3.61. The highest BCUT2D eigenvalue weighted by Gasteiger charge is 2.18. The van der Waals surface area contributed by atoms with Gasteiger partial charge in [-0.2, -0.15) is 5.10 Å². The Balaban J connectivity index is 2.11. The summed E-state index contributed by atoms with van der Waals surface area (Å²) in [6, 6.07) is 3.58. The van der Waals surface area contributed by atoms with Crippen molar-refractivity contribution in [1.29, 1.82) is 0 Å². The molecule has 0 saturated carbocycles. The Hall–Kier alpha value is -2.57. The van der Waals surface area contributed by atoms with Crippen molar-refractivity contribution in [3.63, 3.8) is 0 Å². The lowest BCUT2D eigenvalue weighted by atomic mass is 10.2. The van der Waals surface area contributed by atoms with Crippen LogP contribution in [0.1, 0.15) is 18.3 Å². The number of anilines is 2. The van der Waals surface area contributed by atoms with Crippen molar-refractivity contribution in [3.8, 4) is 5.75 Å². The van der Waals surface area contributed by atoms with Crippen LogP contribution in [0.15, 0.2) is 18.2 Å². The molecule has 0 bridgehead atoms. The Morgan fingerprint density at radius 3 is 2.65 bits per heavy atom. The minimum Gasteiger partial charge on any atom is -0.494 e. The Bertz CT molecular complexity index is 727. The standard InChI is InChI=1S/C16H21FN4O2/c1-9-15(11(3)21(4)20-9)19-16(22)10(2)18-13-7-6-12(17)8-14(13)23-5/h6-8,10,18H,1-5H3,(H,19,22). The molecule has 7 heteroatoms. The van der Waals surface area contributed by atoms with Gasteiger partial charge >= 0.3 is 0 Å². The van der Waals surface area contributed by atoms with Crippen molar-refractivity contribution >= 4 is 17.3 Å². The molecule has 2 N–H and O–H groups in total. The van der Waals surface area contributed by atoms with E-state index in [2.05, 4.69) is 15.7 Å². The molecule has 124 valence electrons. The smallest absolute Gasteiger partial charge is 0.246 e. The molecule has 1 aromatic carbocycles. The first-order valence-corrected chi connectivity index (χ1v) is 7.24. The molecule has 1 aromatic heterocycles. The fourth-order valence-electron chi connectivity index (χ4n) is 2.27. The molecule has 0 fully saturated rings. The second kappa shape index (κ2) is 6.68. The number of aryl methyl sites for hydroxylation is 2. The number of nitrogens with one attached hydrogen (secondary N) is 2. The van der Waals surface area contributed by atoms with E-state index in [1.165, 1.54) is 19.2 Å². The number of hydrogen-bond donors (Lipinski definition) is 2. The topological polar surface area (TPSA) is 68.2 Å². The van der Waals surface area contributed by atoms with Crippen molar-refractivity contribution in [1.82, 2.24) is 9.78 Å². The summed E-state index contributed by atoms with van der Waals surface area (Å²) in [4.78, 5) is 12.4. The van der Waals surface area contributed by atoms with Crippen LogP contribution in [0.5, 0.6) is 5.75 Å². The highest BCUT2D eigenvalue weighted by molar-refractivity contribution is 5.97. The molecule has 1 heterocycles. The number of carbonyl (C=O) groups is 1. The number of aromatic nitrogens is 2. The minimum atomic E-state index is -0.534. The number of rotatable bonds is 5. The summed E-state index contributed by atoms with van der Waals surface area (Å²) in [5.74, 6) is -0.264. The molecule has 1 amide bonds. The van der Waals surface area contributed by atoms with Crippen LogP contribution >= 0.6 is 0 Å². The van der Waals surface area contributed by atoms with Gasteiger partial charge in [0.05, 0.1) is 29.9 Å². The van der Waals surface area contributed by atoms with Gasteiger partial charge in [0.2, 0.25) is 5.91 Å². The quantitative estimate of drug-likeness (QED) is 0.888. The van der Waals surface area contributed by atoms with Crippen LogP contribution in [-0.2, 0) is 11.8 Å². The van der Waals surface area contributed by atoms with E-state index in [0.29, 0.717) is 17.1 Å². The molecule has 0 spiro atoms. The van der Waals surface area contributed by atoms with Gasteiger partial charge in [0, 0.05) is 13.1 Å². The van der Waals surface area contributed by atoms with Crippen molar-refractivity contribution < 1.29 is 13.9 Å². The Labute approximate surface area is 134 Å². The maximum atomic E-state index is 13.2. The van der Waals surface area contributed by atoms with Crippen molar-refractivity contribution in [3.05, 3.63) is 35.4 Å². The normalized spacial score (nSPS) is 11.9. The Morgan fingerprint density at radius 2 is 2.09 bits per heavy atom. The van der Waals surface area contributed by atoms with Crippen LogP contribution in [0.3, 0.4) is 0 Å². The summed E-state index contributed by atoms with van der Waals surface area (Å²) in [6.07, 6.45) is 0. The Morgan fingerprint density at radius 1 is 1.39 bits per heavy atom. The summed E-state index contributed by atoms with van der Waals surface area (Å²) < 4.78 is 20.0. The van der Waals surface area contributed by atoms with E-state index in [4.69, 9.17) is 4.74 Å². The maximum absolute atomic E-state index is 13.2. The van der Waals surface area contributed by atoms with E-state index in [1.807, 2.05) is 20.9 Å². The van der Waals surface area contributed by atoms with Crippen LogP contribution in [-0.4, -0.2) is 28.8 Å². The lowest BCUT2D eigenvalue weighted by molar-refractivity contribution is -0.116. The van der Waals surface area contributed by atoms with Gasteiger partial charge in [-0.15, -0.1) is 0 Å². The fourth-order valence-corrected chi connectivity index (χ4v) is 2.27. The first-order valence-electron chi connectivity index (χ1n) is 7.24. The molecule has 1 atom stereocenters. The summed E-state index contributed by atoms with van der Waals surface area (Å²) in [6.45, 7) is 5.44. The molecular formula is C16H21FN4O2. The molecule has 2 rings (SSSR count). The molecule has 0 radical (unpaired) electrons. The third-order valence-electron chi connectivity index (χ3n) is 3.69. The molecular weight excluding hydrogens is 299 g/mol. The largest absolute Gasteiger partial charge is 0.494 e. The second-order valence-electron chi connectivity index (χ2n) is 5.37. The van der Waals surface area contributed by atoms with E-state index in [9.17, 15) is 9.18 Å². The molecule has 0 saturated heterocycles. The molecule has 1 unspecified atom stereocenters. The van der Waals surface area contributed by atoms with Crippen LogP contribution in [0.4, 0.5) is 15.8 Å². The van der Waals surface area contributed by atoms with Gasteiger partial charge < -0.3 is 15.4 Å². The van der Waals surface area contributed by atoms with E-state index < -0.39 is 11.9 Å². The van der Waals surface area contributed by atoms with E-state index in [0.717, 1.165) is 11.4 Å². The number of halogens is 1. The monoisotopic (exact) mass is 320 g/mol. The van der Waals surface area contributed by atoms with Crippen LogP contribution in [0.25, 0.3) is 0 Å². The van der Waals surface area contributed by atoms with Gasteiger partial charge in [0.15, 0.2) is 0 Å². The zero-order valence-electron chi connectivity index (χ0n) is 13.9. The number of carbonyl (C=O) groups excluding carboxylic acids is 1. The molecule has 23 heavy (non-hydrogen) atoms. The van der Waals surface area contributed by atoms with E-state index in [-0.39, 0.29) is 5.91 Å². The summed E-state index contributed by atoms with van der Waals surface area (Å²) in [5.41, 5.74) is 2.89. The number of methoxy groups -OCH3 is 1. The summed E-state index contributed by atoms with van der Waals surface area (Å²) in [7, 11) is 3.27. The van der Waals surface area contributed by atoms with Gasteiger partial charge in [0.1, 0.15) is 17.6 Å². The SMILES string of the molecule is COc1cc(F)ccc1NC(C)C(=O)Nc1c(C)nn(C)c1C. The van der Waals surface area contributed by atoms with Crippen LogP contribution in [0.2, 0.25) is 0 Å². The molecule has 0 aliphatic heterocycles. The van der Waals surface area contributed by atoms with Gasteiger partial charge in [-0.3, -0.25) is 9.48 Å². The molecule has 0 aliphatic carbocycles. The highest BCUT2D eigenvalue weighted by Crippen LogP contribution is 2.26. The lowest BCUT2D eigenvalue weighted by Crippen LogP contribution is -2.32. The average Bonchev–Trinajstić information content (AvgIpc) is 2.75. The van der Waals surface area contributed by atoms with E-state index >= 15 is 0 Å². The van der Waals surface area contributed by atoms with Crippen LogP contribution in [0, 0.1) is 19.7 Å². The molecule has 0 aliphatic rings. The molecule has 6 nitrogen and oxygen atoms in total. The number of hydrogen-bond acceptors (Lipinski definition) is 4. The summed E-state index contributed by atoms with van der Waals surface area (Å²) >= 11 is 0. The zero-order chi connectivity index (χ0) is 17.1. The van der Waals surface area contributed by atoms with Gasteiger partial charge in [-0.05, 0) is 32.9 Å². The third-order valence-corrected chi connectivity index (χ3v) is 3.69. The van der Waals surface area contributed by atoms with Gasteiger partial charge in [0.25, 0.3) is 0 Å².